The first kappa shape index (κ1) is 18.5. The van der Waals surface area contributed by atoms with Gasteiger partial charge in [-0.3, -0.25) is 4.79 Å². The summed E-state index contributed by atoms with van der Waals surface area (Å²) < 4.78 is 0. The van der Waals surface area contributed by atoms with Gasteiger partial charge in [0.2, 0.25) is 0 Å². The number of hydrogen-bond acceptors (Lipinski definition) is 2. The van der Waals surface area contributed by atoms with E-state index < -0.39 is 5.97 Å². The van der Waals surface area contributed by atoms with Crippen LogP contribution in [-0.4, -0.2) is 11.1 Å². The Morgan fingerprint density at radius 3 is 2.12 bits per heavy atom. The molecule has 1 aliphatic carbocycles. The third-order valence-electron chi connectivity index (χ3n) is 5.72. The Morgan fingerprint density at radius 1 is 0.923 bits per heavy atom. The molecule has 0 heterocycles. The van der Waals surface area contributed by atoms with Crippen molar-refractivity contribution in [3.8, 4) is 0 Å². The van der Waals surface area contributed by atoms with Crippen LogP contribution in [0.1, 0.15) is 62.8 Å². The molecule has 1 aliphatic rings. The third kappa shape index (κ3) is 3.92. The lowest BCUT2D eigenvalue weighted by atomic mass is 9.63. The molecule has 0 bridgehead atoms. The Balaban J connectivity index is 1.74. The van der Waals surface area contributed by atoms with Crippen molar-refractivity contribution >= 4 is 11.7 Å². The fourth-order valence-electron chi connectivity index (χ4n) is 3.86. The molecule has 0 fully saturated rings. The van der Waals surface area contributed by atoms with Crippen molar-refractivity contribution in [3.05, 3.63) is 64.7 Å². The minimum absolute atomic E-state index is 0.0654. The monoisotopic (exact) mass is 351 g/mol. The smallest absolute Gasteiger partial charge is 0.307 e. The van der Waals surface area contributed by atoms with E-state index in [9.17, 15) is 4.79 Å². The van der Waals surface area contributed by atoms with Crippen molar-refractivity contribution in [2.45, 2.75) is 64.3 Å². The predicted octanol–water partition coefficient (Wildman–Crippen LogP) is 5.27. The summed E-state index contributed by atoms with van der Waals surface area (Å²) >= 11 is 0. The van der Waals surface area contributed by atoms with Gasteiger partial charge in [-0.1, -0.05) is 58.0 Å². The quantitative estimate of drug-likeness (QED) is 0.771. The summed E-state index contributed by atoms with van der Waals surface area (Å²) in [5.41, 5.74) is 6.54. The number of rotatable bonds is 5. The number of carboxylic acids is 1. The number of anilines is 1. The van der Waals surface area contributed by atoms with E-state index >= 15 is 0 Å². The molecule has 0 unspecified atom stereocenters. The van der Waals surface area contributed by atoms with E-state index in [1.165, 1.54) is 29.5 Å². The van der Waals surface area contributed by atoms with Crippen LogP contribution in [0.2, 0.25) is 0 Å². The van der Waals surface area contributed by atoms with Gasteiger partial charge in [0.1, 0.15) is 0 Å². The first-order chi connectivity index (χ1) is 12.2. The van der Waals surface area contributed by atoms with E-state index in [1.54, 1.807) is 0 Å². The first-order valence-electron chi connectivity index (χ1n) is 9.36. The van der Waals surface area contributed by atoms with Gasteiger partial charge < -0.3 is 10.4 Å². The van der Waals surface area contributed by atoms with Gasteiger partial charge in [-0.05, 0) is 58.1 Å². The van der Waals surface area contributed by atoms with Gasteiger partial charge in [0, 0.05) is 12.2 Å². The maximum absolute atomic E-state index is 10.8. The van der Waals surface area contributed by atoms with Crippen LogP contribution < -0.4 is 5.32 Å². The fourth-order valence-corrected chi connectivity index (χ4v) is 3.86. The highest BCUT2D eigenvalue weighted by Gasteiger charge is 2.36. The van der Waals surface area contributed by atoms with Crippen LogP contribution in [0.4, 0.5) is 5.69 Å². The zero-order valence-corrected chi connectivity index (χ0v) is 16.2. The van der Waals surface area contributed by atoms with E-state index in [0.29, 0.717) is 0 Å². The lowest BCUT2D eigenvalue weighted by Crippen LogP contribution is -2.33. The van der Waals surface area contributed by atoms with Crippen molar-refractivity contribution < 1.29 is 9.90 Å². The summed E-state index contributed by atoms with van der Waals surface area (Å²) in [6, 6.07) is 14.5. The maximum Gasteiger partial charge on any atom is 0.307 e. The molecular formula is C23H29NO2. The lowest BCUT2D eigenvalue weighted by Gasteiger charge is -2.42. The molecule has 3 heteroatoms. The molecule has 0 atom stereocenters. The number of hydrogen-bond donors (Lipinski definition) is 2. The topological polar surface area (TPSA) is 49.3 Å². The van der Waals surface area contributed by atoms with Gasteiger partial charge in [0.15, 0.2) is 0 Å². The minimum Gasteiger partial charge on any atom is -0.481 e. The van der Waals surface area contributed by atoms with E-state index in [0.717, 1.165) is 17.8 Å². The molecule has 3 nitrogen and oxygen atoms in total. The van der Waals surface area contributed by atoms with Gasteiger partial charge in [-0.15, -0.1) is 0 Å². The van der Waals surface area contributed by atoms with Crippen molar-refractivity contribution in [3.63, 3.8) is 0 Å². The van der Waals surface area contributed by atoms with Crippen LogP contribution in [0.15, 0.2) is 42.5 Å². The predicted molar refractivity (Wildman–Crippen MR) is 107 cm³/mol. The van der Waals surface area contributed by atoms with Crippen molar-refractivity contribution in [2.75, 3.05) is 5.32 Å². The Morgan fingerprint density at radius 2 is 1.50 bits per heavy atom. The molecule has 0 aliphatic heterocycles. The van der Waals surface area contributed by atoms with E-state index in [2.05, 4.69) is 51.2 Å². The highest BCUT2D eigenvalue weighted by Crippen LogP contribution is 2.45. The molecule has 3 rings (SSSR count). The van der Waals surface area contributed by atoms with Crippen LogP contribution in [-0.2, 0) is 28.6 Å². The Bertz CT molecular complexity index is 803. The fraction of sp³-hybridized carbons (Fsp3) is 0.435. The van der Waals surface area contributed by atoms with Gasteiger partial charge in [0.25, 0.3) is 0 Å². The Hall–Kier alpha value is -2.29. The SMILES string of the molecule is CC1(C)CCC(C)(C)c2cc(CNc3ccc(CC(=O)O)cc3)ccc21. The molecule has 2 aromatic rings. The van der Waals surface area contributed by atoms with Gasteiger partial charge in [-0.25, -0.2) is 0 Å². The second-order valence-corrected chi connectivity index (χ2v) is 8.77. The molecular weight excluding hydrogens is 322 g/mol. The number of carboxylic acid groups (broad SMARTS) is 1. The lowest BCUT2D eigenvalue weighted by molar-refractivity contribution is -0.136. The zero-order chi connectivity index (χ0) is 18.9. The molecule has 0 radical (unpaired) electrons. The summed E-state index contributed by atoms with van der Waals surface area (Å²) in [5, 5.41) is 12.3. The average Bonchev–Trinajstić information content (AvgIpc) is 2.58. The number of fused-ring (bicyclic) bond motifs is 1. The van der Waals surface area contributed by atoms with Crippen molar-refractivity contribution in [2.24, 2.45) is 0 Å². The third-order valence-corrected chi connectivity index (χ3v) is 5.72. The van der Waals surface area contributed by atoms with Crippen LogP contribution in [0.25, 0.3) is 0 Å². The molecule has 0 spiro atoms. The molecule has 0 amide bonds. The molecule has 26 heavy (non-hydrogen) atoms. The minimum atomic E-state index is -0.801. The highest BCUT2D eigenvalue weighted by molar-refractivity contribution is 5.70. The number of aliphatic carboxylic acids is 1. The summed E-state index contributed by atoms with van der Waals surface area (Å²) in [5.74, 6) is -0.801. The van der Waals surface area contributed by atoms with E-state index in [-0.39, 0.29) is 17.3 Å². The summed E-state index contributed by atoms with van der Waals surface area (Å²) in [6.07, 6.45) is 2.51. The highest BCUT2D eigenvalue weighted by atomic mass is 16.4. The summed E-state index contributed by atoms with van der Waals surface area (Å²) in [4.78, 5) is 10.8. The van der Waals surface area contributed by atoms with Crippen LogP contribution in [0, 0.1) is 0 Å². The standard InChI is InChI=1S/C23H29NO2/c1-22(2)11-12-23(3,4)20-13-17(7-10-19(20)22)15-24-18-8-5-16(6-9-18)14-21(25)26/h5-10,13,24H,11-12,14-15H2,1-4H3,(H,25,26). The van der Waals surface area contributed by atoms with Crippen LogP contribution in [0.3, 0.4) is 0 Å². The maximum atomic E-state index is 10.8. The number of benzene rings is 2. The molecule has 0 saturated heterocycles. The molecule has 2 aromatic carbocycles. The summed E-state index contributed by atoms with van der Waals surface area (Å²) in [7, 11) is 0. The van der Waals surface area contributed by atoms with E-state index in [1.807, 2.05) is 24.3 Å². The molecule has 0 saturated carbocycles. The molecule has 0 aromatic heterocycles. The van der Waals surface area contributed by atoms with E-state index in [4.69, 9.17) is 5.11 Å². The molecule has 2 N–H and O–H groups in total. The largest absolute Gasteiger partial charge is 0.481 e. The Kier molecular flexibility index (Phi) is 4.83. The second-order valence-electron chi connectivity index (χ2n) is 8.77. The number of carbonyl (C=O) groups is 1. The van der Waals surface area contributed by atoms with Gasteiger partial charge in [0.05, 0.1) is 6.42 Å². The number of nitrogens with one attached hydrogen (secondary N) is 1. The van der Waals surface area contributed by atoms with Crippen LogP contribution in [0.5, 0.6) is 0 Å². The Labute approximate surface area is 156 Å². The normalized spacial score (nSPS) is 17.4. The van der Waals surface area contributed by atoms with Gasteiger partial charge in [-0.2, -0.15) is 0 Å². The van der Waals surface area contributed by atoms with Crippen molar-refractivity contribution in [1.29, 1.82) is 0 Å². The molecule has 138 valence electrons. The van der Waals surface area contributed by atoms with Crippen LogP contribution >= 0.6 is 0 Å². The first-order valence-corrected chi connectivity index (χ1v) is 9.36. The van der Waals surface area contributed by atoms with Gasteiger partial charge >= 0.3 is 5.97 Å². The van der Waals surface area contributed by atoms with Crippen molar-refractivity contribution in [1.82, 2.24) is 0 Å². The summed E-state index contributed by atoms with van der Waals surface area (Å²) in [6.45, 7) is 10.1. The second kappa shape index (κ2) is 6.79. The zero-order valence-electron chi connectivity index (χ0n) is 16.2. The average molecular weight is 351 g/mol.